The van der Waals surface area contributed by atoms with Crippen molar-refractivity contribution in [3.05, 3.63) is 42.2 Å². The van der Waals surface area contributed by atoms with Crippen molar-refractivity contribution in [2.75, 3.05) is 25.6 Å². The molecule has 1 aliphatic rings. The average Bonchev–Trinajstić information content (AvgIpc) is 3.08. The molecule has 0 bridgehead atoms. The largest absolute Gasteiger partial charge is 0.378 e. The quantitative estimate of drug-likeness (QED) is 0.918. The Morgan fingerprint density at radius 1 is 1.38 bits per heavy atom. The Labute approximate surface area is 124 Å². The number of methoxy groups -OCH3 is 1. The van der Waals surface area contributed by atoms with E-state index in [4.69, 9.17) is 9.47 Å². The molecule has 1 N–H and O–H groups in total. The zero-order valence-corrected chi connectivity index (χ0v) is 12.5. The fraction of sp³-hybridized carbons (Fsp3) is 0.438. The van der Waals surface area contributed by atoms with Crippen LogP contribution >= 0.6 is 0 Å². The van der Waals surface area contributed by atoms with Crippen molar-refractivity contribution in [1.29, 1.82) is 0 Å². The summed E-state index contributed by atoms with van der Waals surface area (Å²) in [7, 11) is 1.75. The van der Waals surface area contributed by atoms with Gasteiger partial charge in [-0.2, -0.15) is 0 Å². The fourth-order valence-electron chi connectivity index (χ4n) is 2.67. The van der Waals surface area contributed by atoms with Crippen molar-refractivity contribution >= 4 is 11.6 Å². The van der Waals surface area contributed by atoms with Crippen molar-refractivity contribution in [3.8, 4) is 0 Å². The maximum atomic E-state index is 5.72. The molecule has 0 spiro atoms. The number of imidazole rings is 1. The topological polar surface area (TPSA) is 48.3 Å². The van der Waals surface area contributed by atoms with E-state index in [1.807, 2.05) is 43.5 Å². The van der Waals surface area contributed by atoms with Crippen LogP contribution in [0.1, 0.15) is 12.1 Å². The van der Waals surface area contributed by atoms with E-state index in [0.717, 1.165) is 36.9 Å². The predicted molar refractivity (Wildman–Crippen MR) is 81.9 cm³/mol. The summed E-state index contributed by atoms with van der Waals surface area (Å²) in [4.78, 5) is 4.57. The minimum Gasteiger partial charge on any atom is -0.378 e. The first-order valence-electron chi connectivity index (χ1n) is 7.19. The van der Waals surface area contributed by atoms with Gasteiger partial charge in [0.15, 0.2) is 0 Å². The molecule has 1 aliphatic heterocycles. The van der Waals surface area contributed by atoms with Gasteiger partial charge in [0.05, 0.1) is 18.8 Å². The van der Waals surface area contributed by atoms with Gasteiger partial charge in [-0.05, 0) is 19.1 Å². The maximum absolute atomic E-state index is 5.72. The number of hydrogen-bond donors (Lipinski definition) is 1. The maximum Gasteiger partial charge on any atom is 0.207 e. The Balaban J connectivity index is 1.82. The van der Waals surface area contributed by atoms with Gasteiger partial charge in [0.1, 0.15) is 5.60 Å². The van der Waals surface area contributed by atoms with Crippen LogP contribution in [-0.2, 0) is 16.0 Å². The number of aromatic nitrogens is 2. The highest BCUT2D eigenvalue weighted by Gasteiger charge is 2.36. The first kappa shape index (κ1) is 14.1. The summed E-state index contributed by atoms with van der Waals surface area (Å²) >= 11 is 0. The van der Waals surface area contributed by atoms with Gasteiger partial charge < -0.3 is 19.4 Å². The molecule has 1 fully saturated rings. The predicted octanol–water partition coefficient (Wildman–Crippen LogP) is 2.74. The Morgan fingerprint density at radius 2 is 2.19 bits per heavy atom. The summed E-state index contributed by atoms with van der Waals surface area (Å²) in [6.45, 7) is 4.12. The van der Waals surface area contributed by atoms with Crippen LogP contribution in [0.5, 0.6) is 0 Å². The number of benzene rings is 1. The molecular weight excluding hydrogens is 266 g/mol. The highest BCUT2D eigenvalue weighted by atomic mass is 16.5. The van der Waals surface area contributed by atoms with E-state index in [1.54, 1.807) is 7.11 Å². The second-order valence-corrected chi connectivity index (χ2v) is 5.51. The van der Waals surface area contributed by atoms with E-state index in [9.17, 15) is 0 Å². The van der Waals surface area contributed by atoms with Crippen LogP contribution in [-0.4, -0.2) is 35.5 Å². The van der Waals surface area contributed by atoms with Crippen LogP contribution < -0.4 is 5.32 Å². The summed E-state index contributed by atoms with van der Waals surface area (Å²) < 4.78 is 13.3. The molecule has 2 aromatic rings. The number of ether oxygens (including phenoxy) is 2. The molecular formula is C16H21N3O2. The minimum atomic E-state index is -0.250. The zero-order valence-electron chi connectivity index (χ0n) is 12.5. The molecule has 0 aliphatic carbocycles. The third-order valence-electron chi connectivity index (χ3n) is 3.89. The first-order chi connectivity index (χ1) is 10.2. The highest BCUT2D eigenvalue weighted by Crippen LogP contribution is 2.27. The van der Waals surface area contributed by atoms with Crippen molar-refractivity contribution in [2.45, 2.75) is 25.5 Å². The molecule has 112 valence electrons. The summed E-state index contributed by atoms with van der Waals surface area (Å²) in [6.07, 6.45) is 2.95. The second-order valence-electron chi connectivity index (χ2n) is 5.51. The SMILES string of the molecule is COC1(Cn2cc(C)nc2Nc2ccccc2)CCOC1. The van der Waals surface area contributed by atoms with E-state index in [0.29, 0.717) is 6.61 Å². The molecule has 1 saturated heterocycles. The van der Waals surface area contributed by atoms with E-state index in [1.165, 1.54) is 0 Å². The van der Waals surface area contributed by atoms with Crippen LogP contribution in [0.4, 0.5) is 11.6 Å². The number of hydrogen-bond acceptors (Lipinski definition) is 4. The van der Waals surface area contributed by atoms with Crippen LogP contribution in [0.15, 0.2) is 36.5 Å². The normalized spacial score (nSPS) is 21.6. The van der Waals surface area contributed by atoms with Crippen molar-refractivity contribution in [2.24, 2.45) is 0 Å². The molecule has 0 saturated carbocycles. The molecule has 1 unspecified atom stereocenters. The molecule has 0 radical (unpaired) electrons. The lowest BCUT2D eigenvalue weighted by molar-refractivity contribution is -0.0291. The lowest BCUT2D eigenvalue weighted by atomic mass is 10.0. The molecule has 2 heterocycles. The third-order valence-corrected chi connectivity index (χ3v) is 3.89. The van der Waals surface area contributed by atoms with Gasteiger partial charge in [-0.15, -0.1) is 0 Å². The van der Waals surface area contributed by atoms with Crippen LogP contribution in [0, 0.1) is 6.92 Å². The van der Waals surface area contributed by atoms with Gasteiger partial charge in [-0.3, -0.25) is 0 Å². The smallest absolute Gasteiger partial charge is 0.207 e. The number of nitrogens with one attached hydrogen (secondary N) is 1. The molecule has 5 heteroatoms. The molecule has 5 nitrogen and oxygen atoms in total. The monoisotopic (exact) mass is 287 g/mol. The van der Waals surface area contributed by atoms with Crippen molar-refractivity contribution in [1.82, 2.24) is 9.55 Å². The Hall–Kier alpha value is -1.85. The van der Waals surface area contributed by atoms with Crippen LogP contribution in [0.25, 0.3) is 0 Å². The summed E-state index contributed by atoms with van der Waals surface area (Å²) in [5.74, 6) is 0.835. The average molecular weight is 287 g/mol. The Morgan fingerprint density at radius 3 is 2.86 bits per heavy atom. The number of aryl methyl sites for hydroxylation is 1. The lowest BCUT2D eigenvalue weighted by Crippen LogP contribution is -2.37. The number of rotatable bonds is 5. The van der Waals surface area contributed by atoms with Gasteiger partial charge in [0.25, 0.3) is 0 Å². The first-order valence-corrected chi connectivity index (χ1v) is 7.19. The molecule has 1 atom stereocenters. The Bertz CT molecular complexity index is 589. The van der Waals surface area contributed by atoms with Gasteiger partial charge in [-0.1, -0.05) is 18.2 Å². The second kappa shape index (κ2) is 5.87. The van der Waals surface area contributed by atoms with E-state index in [-0.39, 0.29) is 5.60 Å². The summed E-state index contributed by atoms with van der Waals surface area (Å²) in [5.41, 5.74) is 1.76. The standard InChI is InChI=1S/C16H21N3O2/c1-13-10-19(11-16(20-2)8-9-21-12-16)15(17-13)18-14-6-4-3-5-7-14/h3-7,10H,8-9,11-12H2,1-2H3,(H,17,18). The molecule has 21 heavy (non-hydrogen) atoms. The van der Waals surface area contributed by atoms with Crippen LogP contribution in [0.3, 0.4) is 0 Å². The summed E-state index contributed by atoms with van der Waals surface area (Å²) in [5, 5.41) is 3.36. The van der Waals surface area contributed by atoms with Gasteiger partial charge in [-0.25, -0.2) is 4.98 Å². The van der Waals surface area contributed by atoms with Crippen LogP contribution in [0.2, 0.25) is 0 Å². The van der Waals surface area contributed by atoms with E-state index < -0.39 is 0 Å². The number of anilines is 2. The van der Waals surface area contributed by atoms with Crippen molar-refractivity contribution < 1.29 is 9.47 Å². The zero-order chi connectivity index (χ0) is 14.7. The van der Waals surface area contributed by atoms with Gasteiger partial charge in [0.2, 0.25) is 5.95 Å². The fourth-order valence-corrected chi connectivity index (χ4v) is 2.67. The minimum absolute atomic E-state index is 0.250. The lowest BCUT2D eigenvalue weighted by Gasteiger charge is -2.26. The van der Waals surface area contributed by atoms with Gasteiger partial charge in [0, 0.05) is 32.0 Å². The van der Waals surface area contributed by atoms with E-state index >= 15 is 0 Å². The van der Waals surface area contributed by atoms with Crippen molar-refractivity contribution in [3.63, 3.8) is 0 Å². The molecule has 0 amide bonds. The Kier molecular flexibility index (Phi) is 3.94. The number of para-hydroxylation sites is 1. The highest BCUT2D eigenvalue weighted by molar-refractivity contribution is 5.53. The molecule has 3 rings (SSSR count). The van der Waals surface area contributed by atoms with E-state index in [2.05, 4.69) is 14.9 Å². The number of nitrogens with zero attached hydrogens (tertiary/aromatic N) is 2. The molecule has 1 aromatic heterocycles. The summed E-state index contributed by atoms with van der Waals surface area (Å²) in [6, 6.07) is 10.1. The van der Waals surface area contributed by atoms with Gasteiger partial charge >= 0.3 is 0 Å². The third kappa shape index (κ3) is 3.09. The molecule has 1 aromatic carbocycles.